The van der Waals surface area contributed by atoms with Crippen LogP contribution >= 0.6 is 11.6 Å². The van der Waals surface area contributed by atoms with Crippen LogP contribution in [0, 0.1) is 5.82 Å². The summed E-state index contributed by atoms with van der Waals surface area (Å²) in [6, 6.07) is 5.35. The number of halogens is 2. The molecule has 0 saturated heterocycles. The SMILES string of the molecule is Fc1cc2c(Cl)nccc2cc1C1CCCC1. The average Bonchev–Trinajstić information content (AvgIpc) is 2.83. The Bertz CT molecular complexity index is 561. The molecule has 1 saturated carbocycles. The van der Waals surface area contributed by atoms with Gasteiger partial charge in [0.1, 0.15) is 11.0 Å². The molecule has 0 atom stereocenters. The summed E-state index contributed by atoms with van der Waals surface area (Å²) in [4.78, 5) is 3.97. The fourth-order valence-electron chi connectivity index (χ4n) is 2.73. The van der Waals surface area contributed by atoms with Crippen LogP contribution in [0.5, 0.6) is 0 Å². The van der Waals surface area contributed by atoms with Gasteiger partial charge in [-0.1, -0.05) is 24.4 Å². The molecule has 1 nitrogen and oxygen atoms in total. The lowest BCUT2D eigenvalue weighted by atomic mass is 9.95. The fourth-order valence-corrected chi connectivity index (χ4v) is 2.95. The van der Waals surface area contributed by atoms with Gasteiger partial charge in [0.2, 0.25) is 0 Å². The normalized spacial score (nSPS) is 16.8. The predicted octanol–water partition coefficient (Wildman–Crippen LogP) is 4.68. The van der Waals surface area contributed by atoms with Crippen molar-refractivity contribution in [2.24, 2.45) is 0 Å². The first kappa shape index (κ1) is 11.0. The molecule has 1 aliphatic rings. The van der Waals surface area contributed by atoms with Crippen molar-refractivity contribution in [3.63, 3.8) is 0 Å². The number of hydrogen-bond donors (Lipinski definition) is 0. The number of nitrogens with zero attached hydrogens (tertiary/aromatic N) is 1. The molecule has 17 heavy (non-hydrogen) atoms. The Kier molecular flexibility index (Phi) is 2.75. The minimum atomic E-state index is -0.140. The number of fused-ring (bicyclic) bond motifs is 1. The van der Waals surface area contributed by atoms with E-state index in [0.29, 0.717) is 16.5 Å². The Morgan fingerprint density at radius 3 is 2.76 bits per heavy atom. The second-order valence-corrected chi connectivity index (χ2v) is 5.04. The molecule has 88 valence electrons. The third-order valence-corrected chi connectivity index (χ3v) is 3.93. The third-order valence-electron chi connectivity index (χ3n) is 3.63. The highest BCUT2D eigenvalue weighted by Crippen LogP contribution is 2.37. The topological polar surface area (TPSA) is 12.9 Å². The first-order chi connectivity index (χ1) is 8.25. The van der Waals surface area contributed by atoms with Crippen molar-refractivity contribution in [1.29, 1.82) is 0 Å². The molecule has 3 heteroatoms. The second-order valence-electron chi connectivity index (χ2n) is 4.68. The van der Waals surface area contributed by atoms with E-state index in [1.807, 2.05) is 12.1 Å². The molecule has 1 fully saturated rings. The molecule has 0 bridgehead atoms. The van der Waals surface area contributed by atoms with Gasteiger partial charge < -0.3 is 0 Å². The number of rotatable bonds is 1. The molecule has 1 aliphatic carbocycles. The lowest BCUT2D eigenvalue weighted by Gasteiger charge is -2.12. The molecule has 0 radical (unpaired) electrons. The summed E-state index contributed by atoms with van der Waals surface area (Å²) in [5.41, 5.74) is 0.845. The van der Waals surface area contributed by atoms with Gasteiger partial charge in [-0.2, -0.15) is 0 Å². The first-order valence-corrected chi connectivity index (χ1v) is 6.37. The van der Waals surface area contributed by atoms with Crippen LogP contribution in [-0.2, 0) is 0 Å². The smallest absolute Gasteiger partial charge is 0.136 e. The van der Waals surface area contributed by atoms with Gasteiger partial charge in [-0.15, -0.1) is 0 Å². The Hall–Kier alpha value is -1.15. The van der Waals surface area contributed by atoms with E-state index in [-0.39, 0.29) is 5.82 Å². The molecule has 0 spiro atoms. The van der Waals surface area contributed by atoms with E-state index in [2.05, 4.69) is 4.98 Å². The van der Waals surface area contributed by atoms with Crippen molar-refractivity contribution in [2.75, 3.05) is 0 Å². The zero-order valence-corrected chi connectivity index (χ0v) is 10.2. The molecule has 0 aliphatic heterocycles. The fraction of sp³-hybridized carbons (Fsp3) is 0.357. The van der Waals surface area contributed by atoms with Crippen LogP contribution in [0.4, 0.5) is 4.39 Å². The highest BCUT2D eigenvalue weighted by Gasteiger charge is 2.21. The Labute approximate surface area is 105 Å². The molecule has 2 aromatic rings. The summed E-state index contributed by atoms with van der Waals surface area (Å²) < 4.78 is 14.1. The van der Waals surface area contributed by atoms with Crippen molar-refractivity contribution >= 4 is 22.4 Å². The van der Waals surface area contributed by atoms with Crippen LogP contribution in [0.3, 0.4) is 0 Å². The Morgan fingerprint density at radius 2 is 2.00 bits per heavy atom. The number of aromatic nitrogens is 1. The van der Waals surface area contributed by atoms with E-state index in [4.69, 9.17) is 11.6 Å². The summed E-state index contributed by atoms with van der Waals surface area (Å²) in [7, 11) is 0. The lowest BCUT2D eigenvalue weighted by molar-refractivity contribution is 0.582. The van der Waals surface area contributed by atoms with Crippen molar-refractivity contribution in [3.05, 3.63) is 40.9 Å². The van der Waals surface area contributed by atoms with E-state index in [1.165, 1.54) is 18.9 Å². The van der Waals surface area contributed by atoms with Crippen LogP contribution in [-0.4, -0.2) is 4.98 Å². The van der Waals surface area contributed by atoms with Crippen LogP contribution in [0.25, 0.3) is 10.8 Å². The zero-order valence-electron chi connectivity index (χ0n) is 9.42. The van der Waals surface area contributed by atoms with Gasteiger partial charge >= 0.3 is 0 Å². The summed E-state index contributed by atoms with van der Waals surface area (Å²) in [5, 5.41) is 2.06. The Balaban J connectivity index is 2.17. The number of benzene rings is 1. The van der Waals surface area contributed by atoms with E-state index in [1.54, 1.807) is 6.20 Å². The summed E-state index contributed by atoms with van der Waals surface area (Å²) in [6.45, 7) is 0. The predicted molar refractivity (Wildman–Crippen MR) is 67.9 cm³/mol. The summed E-state index contributed by atoms with van der Waals surface area (Å²) in [6.07, 6.45) is 6.28. The third kappa shape index (κ3) is 1.91. The quantitative estimate of drug-likeness (QED) is 0.669. The molecule has 1 heterocycles. The maximum absolute atomic E-state index is 14.1. The highest BCUT2D eigenvalue weighted by atomic mass is 35.5. The van der Waals surface area contributed by atoms with Crippen LogP contribution in [0.15, 0.2) is 24.4 Å². The number of hydrogen-bond acceptors (Lipinski definition) is 1. The van der Waals surface area contributed by atoms with Gasteiger partial charge in [-0.05, 0) is 47.9 Å². The van der Waals surface area contributed by atoms with E-state index < -0.39 is 0 Å². The summed E-state index contributed by atoms with van der Waals surface area (Å²) >= 11 is 5.96. The van der Waals surface area contributed by atoms with Crippen molar-refractivity contribution in [1.82, 2.24) is 4.98 Å². The average molecular weight is 250 g/mol. The van der Waals surface area contributed by atoms with E-state index in [9.17, 15) is 4.39 Å². The Morgan fingerprint density at radius 1 is 1.24 bits per heavy atom. The van der Waals surface area contributed by atoms with Crippen molar-refractivity contribution in [2.45, 2.75) is 31.6 Å². The van der Waals surface area contributed by atoms with E-state index >= 15 is 0 Å². The molecular weight excluding hydrogens is 237 g/mol. The van der Waals surface area contributed by atoms with Gasteiger partial charge in [0.05, 0.1) is 0 Å². The molecule has 3 rings (SSSR count). The van der Waals surface area contributed by atoms with Crippen molar-refractivity contribution in [3.8, 4) is 0 Å². The van der Waals surface area contributed by atoms with Crippen LogP contribution in [0.2, 0.25) is 5.15 Å². The maximum atomic E-state index is 14.1. The maximum Gasteiger partial charge on any atom is 0.136 e. The minimum absolute atomic E-state index is 0.140. The van der Waals surface area contributed by atoms with Gasteiger partial charge in [-0.25, -0.2) is 9.37 Å². The zero-order chi connectivity index (χ0) is 11.8. The molecule has 1 aromatic carbocycles. The summed E-state index contributed by atoms with van der Waals surface area (Å²) in [5.74, 6) is 0.241. The van der Waals surface area contributed by atoms with Gasteiger partial charge in [0, 0.05) is 11.6 Å². The van der Waals surface area contributed by atoms with Crippen LogP contribution < -0.4 is 0 Å². The standard InChI is InChI=1S/C14H13ClFN/c15-14-12-8-13(16)11(9-3-1-2-4-9)7-10(12)5-6-17-14/h5-9H,1-4H2. The monoisotopic (exact) mass is 249 g/mol. The lowest BCUT2D eigenvalue weighted by Crippen LogP contribution is -1.97. The van der Waals surface area contributed by atoms with Crippen LogP contribution in [0.1, 0.15) is 37.2 Å². The van der Waals surface area contributed by atoms with Crippen molar-refractivity contribution < 1.29 is 4.39 Å². The molecular formula is C14H13ClFN. The first-order valence-electron chi connectivity index (χ1n) is 5.99. The molecule has 0 N–H and O–H groups in total. The van der Waals surface area contributed by atoms with Gasteiger partial charge in [0.15, 0.2) is 0 Å². The van der Waals surface area contributed by atoms with E-state index in [0.717, 1.165) is 23.8 Å². The highest BCUT2D eigenvalue weighted by molar-refractivity contribution is 6.34. The molecule has 1 aromatic heterocycles. The van der Waals surface area contributed by atoms with Gasteiger partial charge in [-0.3, -0.25) is 0 Å². The van der Waals surface area contributed by atoms with Gasteiger partial charge in [0.25, 0.3) is 0 Å². The number of pyridine rings is 1. The largest absolute Gasteiger partial charge is 0.244 e. The minimum Gasteiger partial charge on any atom is -0.244 e. The second kappa shape index (κ2) is 4.26. The molecule has 0 unspecified atom stereocenters. The molecule has 0 amide bonds.